The average molecular weight is 840 g/mol. The zero-order valence-corrected chi connectivity index (χ0v) is 34.5. The molecule has 0 amide bonds. The highest BCUT2D eigenvalue weighted by molar-refractivity contribution is 7.90. The van der Waals surface area contributed by atoms with Crippen molar-refractivity contribution in [3.05, 3.63) is 99.8 Å². The predicted molar refractivity (Wildman–Crippen MR) is 217 cm³/mol. The Morgan fingerprint density at radius 3 is 2.29 bits per heavy atom. The van der Waals surface area contributed by atoms with Gasteiger partial charge < -0.3 is 39.5 Å². The van der Waals surface area contributed by atoms with Crippen LogP contribution in [0.3, 0.4) is 0 Å². The number of nitrogens with zero attached hydrogens (tertiary/aromatic N) is 2. The van der Waals surface area contributed by atoms with Crippen LogP contribution in [0.2, 0.25) is 5.02 Å². The first-order valence-electron chi connectivity index (χ1n) is 18.7. The van der Waals surface area contributed by atoms with Gasteiger partial charge in [0.05, 0.1) is 29.7 Å². The van der Waals surface area contributed by atoms with E-state index in [1.165, 1.54) is 25.4 Å². The van der Waals surface area contributed by atoms with Gasteiger partial charge in [-0.15, -0.1) is 0 Å². The van der Waals surface area contributed by atoms with E-state index in [4.69, 9.17) is 25.8 Å². The van der Waals surface area contributed by atoms with E-state index in [0.29, 0.717) is 61.7 Å². The molecule has 5 N–H and O–H groups in total. The Balaban J connectivity index is 1.30. The molecular formula is C42H50ClN3O11S. The summed E-state index contributed by atoms with van der Waals surface area (Å²) in [5.74, 6) is -0.886. The van der Waals surface area contributed by atoms with Gasteiger partial charge in [-0.2, -0.15) is 0 Å². The number of ether oxygens (including phenoxy) is 3. The van der Waals surface area contributed by atoms with Crippen LogP contribution < -0.4 is 19.5 Å². The van der Waals surface area contributed by atoms with Crippen LogP contribution >= 0.6 is 11.6 Å². The van der Waals surface area contributed by atoms with Crippen molar-refractivity contribution in [2.45, 2.75) is 63.8 Å². The number of halogens is 1. The largest absolute Gasteiger partial charge is 0.493 e. The number of aromatic nitrogens is 1. The molecule has 1 saturated heterocycles. The second-order valence-corrected chi connectivity index (χ2v) is 17.3. The van der Waals surface area contributed by atoms with Gasteiger partial charge in [0.25, 0.3) is 0 Å². The zero-order valence-electron chi connectivity index (χ0n) is 33.0. The number of aliphatic hydroxyl groups excluding tert-OH is 2. The summed E-state index contributed by atoms with van der Waals surface area (Å²) in [6.07, 6.45) is 4.93. The van der Waals surface area contributed by atoms with Gasteiger partial charge >= 0.3 is 11.9 Å². The molecule has 0 radical (unpaired) electrons. The fourth-order valence-corrected chi connectivity index (χ4v) is 7.55. The molecule has 1 aliphatic rings. The molecule has 16 heteroatoms. The number of carboxylic acids is 2. The summed E-state index contributed by atoms with van der Waals surface area (Å²) in [5.41, 5.74) is 3.02. The Morgan fingerprint density at radius 1 is 0.931 bits per heavy atom. The maximum Gasteiger partial charge on any atom is 0.326 e. The van der Waals surface area contributed by atoms with Crippen LogP contribution in [0, 0.1) is 19.3 Å². The fourth-order valence-electron chi connectivity index (χ4n) is 6.70. The van der Waals surface area contributed by atoms with Crippen LogP contribution in [0.25, 0.3) is 11.1 Å². The molecule has 5 rings (SSSR count). The molecule has 1 aromatic heterocycles. The van der Waals surface area contributed by atoms with Crippen molar-refractivity contribution in [1.82, 2.24) is 15.2 Å². The average Bonchev–Trinajstić information content (AvgIpc) is 3.63. The molecule has 14 nitrogen and oxygen atoms in total. The van der Waals surface area contributed by atoms with Gasteiger partial charge in [-0.1, -0.05) is 41.9 Å². The van der Waals surface area contributed by atoms with Crippen LogP contribution in [0.5, 0.6) is 17.2 Å². The van der Waals surface area contributed by atoms with Gasteiger partial charge in [-0.25, -0.2) is 8.42 Å². The van der Waals surface area contributed by atoms with Crippen molar-refractivity contribution in [2.75, 3.05) is 45.7 Å². The van der Waals surface area contributed by atoms with Crippen molar-refractivity contribution in [3.8, 4) is 28.4 Å². The number of sulfone groups is 1. The van der Waals surface area contributed by atoms with Crippen LogP contribution in [-0.2, 0) is 39.2 Å². The summed E-state index contributed by atoms with van der Waals surface area (Å²) >= 11 is 6.73. The van der Waals surface area contributed by atoms with Crippen LogP contribution in [0.4, 0.5) is 0 Å². The molecule has 4 aromatic rings. The van der Waals surface area contributed by atoms with E-state index >= 15 is 0 Å². The maximum absolute atomic E-state index is 12.1. The highest BCUT2D eigenvalue weighted by Gasteiger charge is 2.44. The minimum absolute atomic E-state index is 0.0346. The molecule has 0 saturated carbocycles. The Labute approximate surface area is 343 Å². The number of likely N-dealkylation sites (tertiary alicyclic amines) is 1. The molecule has 3 aromatic carbocycles. The lowest BCUT2D eigenvalue weighted by Gasteiger charge is -2.25. The molecule has 0 bridgehead atoms. The SMILES string of the molecule is Cc1c(COc2cc(OCc3cncc(S(C)(=O)=O)c3)c(CN[C@@](C)(CO)C(=O)O)cc2Cl)cccc1-c1cccc(OCCCN2CCC(CO)(C(=O)O)C2)c1C. The number of hydrogen-bond donors (Lipinski definition) is 5. The second-order valence-electron chi connectivity index (χ2n) is 14.9. The Kier molecular flexibility index (Phi) is 14.4. The number of pyridine rings is 1. The standard InChI is InChI=1S/C42H50ClN3O11S/c1-27-30(8-5-9-33(27)34-10-6-11-36(28(34)2)55-15-7-13-46-14-12-42(24-46,26-48)40(51)52)23-57-38-18-37(56-22-29-16-32(21-44-19-29)58(4,53)54)31(17-35(38)43)20-45-41(3,25-47)39(49)50/h5-6,8-11,16-19,21,45,47-48H,7,12-15,20,22-26H2,1-4H3,(H,49,50)(H,51,52)/t41-,42?/m0/s1. The van der Waals surface area contributed by atoms with Gasteiger partial charge in [0, 0.05) is 55.5 Å². The van der Waals surface area contributed by atoms with Crippen LogP contribution in [0.1, 0.15) is 47.6 Å². The molecule has 2 atom stereocenters. The molecule has 1 unspecified atom stereocenters. The Morgan fingerprint density at radius 2 is 1.64 bits per heavy atom. The number of benzene rings is 3. The lowest BCUT2D eigenvalue weighted by molar-refractivity contribution is -0.150. The first-order valence-corrected chi connectivity index (χ1v) is 21.0. The minimum Gasteiger partial charge on any atom is -0.493 e. The number of carbonyl (C=O) groups is 2. The van der Waals surface area contributed by atoms with Gasteiger partial charge in [0.2, 0.25) is 0 Å². The second kappa shape index (κ2) is 18.9. The number of rotatable bonds is 20. The van der Waals surface area contributed by atoms with E-state index in [-0.39, 0.29) is 36.3 Å². The van der Waals surface area contributed by atoms with E-state index in [0.717, 1.165) is 39.8 Å². The molecule has 1 fully saturated rings. The van der Waals surface area contributed by atoms with Gasteiger partial charge in [-0.3, -0.25) is 19.9 Å². The monoisotopic (exact) mass is 839 g/mol. The lowest BCUT2D eigenvalue weighted by atomic mass is 9.88. The first kappa shape index (κ1) is 44.3. The third kappa shape index (κ3) is 10.4. The number of hydrogen-bond acceptors (Lipinski definition) is 12. The summed E-state index contributed by atoms with van der Waals surface area (Å²) in [6.45, 7) is 6.38. The van der Waals surface area contributed by atoms with Gasteiger partial charge in [0.1, 0.15) is 41.4 Å². The maximum atomic E-state index is 12.1. The minimum atomic E-state index is -3.51. The normalized spacial score (nSPS) is 16.8. The number of nitrogens with one attached hydrogen (secondary N) is 1. The Hall–Kier alpha value is -4.77. The zero-order chi connectivity index (χ0) is 42.3. The van der Waals surface area contributed by atoms with Gasteiger partial charge in [-0.05, 0) is 86.2 Å². The summed E-state index contributed by atoms with van der Waals surface area (Å²) in [6, 6.07) is 16.5. The van der Waals surface area contributed by atoms with E-state index in [2.05, 4.69) is 15.2 Å². The van der Waals surface area contributed by atoms with E-state index in [1.54, 1.807) is 12.1 Å². The third-order valence-electron chi connectivity index (χ3n) is 10.6. The van der Waals surface area contributed by atoms with Crippen LogP contribution in [0.15, 0.2) is 71.9 Å². The number of carboxylic acid groups (broad SMARTS) is 2. The third-order valence-corrected chi connectivity index (χ3v) is 12.0. The number of aliphatic hydroxyl groups is 2. The summed E-state index contributed by atoms with van der Waals surface area (Å²) in [4.78, 5) is 29.6. The van der Waals surface area contributed by atoms with Gasteiger partial charge in [0.15, 0.2) is 9.84 Å². The lowest BCUT2D eigenvalue weighted by Crippen LogP contribution is -2.52. The van der Waals surface area contributed by atoms with Crippen molar-refractivity contribution < 1.29 is 52.6 Å². The van der Waals surface area contributed by atoms with Crippen molar-refractivity contribution >= 4 is 33.4 Å². The molecule has 58 heavy (non-hydrogen) atoms. The molecule has 2 heterocycles. The molecule has 1 aliphatic heterocycles. The van der Waals surface area contributed by atoms with E-state index in [9.17, 15) is 38.4 Å². The van der Waals surface area contributed by atoms with Crippen molar-refractivity contribution in [3.63, 3.8) is 0 Å². The highest BCUT2D eigenvalue weighted by Crippen LogP contribution is 2.37. The summed E-state index contributed by atoms with van der Waals surface area (Å²) < 4.78 is 42.8. The van der Waals surface area contributed by atoms with Crippen molar-refractivity contribution in [1.29, 1.82) is 0 Å². The highest BCUT2D eigenvalue weighted by atomic mass is 35.5. The van der Waals surface area contributed by atoms with E-state index in [1.807, 2.05) is 50.2 Å². The molecule has 0 aliphatic carbocycles. The Bertz CT molecular complexity index is 2240. The van der Waals surface area contributed by atoms with E-state index < -0.39 is 39.3 Å². The topological polar surface area (TPSA) is 205 Å². The fraction of sp³-hybridized carbons (Fsp3) is 0.405. The van der Waals surface area contributed by atoms with Crippen molar-refractivity contribution in [2.24, 2.45) is 5.41 Å². The first-order chi connectivity index (χ1) is 27.5. The molecule has 0 spiro atoms. The predicted octanol–water partition coefficient (Wildman–Crippen LogP) is 5.04. The smallest absolute Gasteiger partial charge is 0.326 e. The molecule has 312 valence electrons. The number of aliphatic carboxylic acids is 2. The molecular weight excluding hydrogens is 790 g/mol. The summed E-state index contributed by atoms with van der Waals surface area (Å²) in [7, 11) is -3.51. The quantitative estimate of drug-likeness (QED) is 0.0740. The summed E-state index contributed by atoms with van der Waals surface area (Å²) in [5, 5.41) is 41.8. The van der Waals surface area contributed by atoms with Crippen LogP contribution in [-0.4, -0.2) is 102 Å².